The maximum Gasteiger partial charge on any atom is 0.253 e. The molecule has 1 aromatic carbocycles. The Kier molecular flexibility index (Phi) is 4.93. The van der Waals surface area contributed by atoms with Crippen LogP contribution in [0.3, 0.4) is 0 Å². The topological polar surface area (TPSA) is 20.3 Å². The highest BCUT2D eigenvalue weighted by Gasteiger charge is 2.23. The molecule has 18 heavy (non-hydrogen) atoms. The van der Waals surface area contributed by atoms with Crippen LogP contribution in [0.4, 0.5) is 0 Å². The van der Waals surface area contributed by atoms with E-state index in [9.17, 15) is 4.79 Å². The molecule has 2 rings (SSSR count). The van der Waals surface area contributed by atoms with Gasteiger partial charge in [-0.1, -0.05) is 11.6 Å². The number of carbonyl (C=O) groups excluding carboxylic acids is 1. The fourth-order valence-electron chi connectivity index (χ4n) is 2.10. The smallest absolute Gasteiger partial charge is 0.253 e. The number of alkyl halides is 1. The molecule has 0 saturated carbocycles. The van der Waals surface area contributed by atoms with Gasteiger partial charge < -0.3 is 4.90 Å². The van der Waals surface area contributed by atoms with Gasteiger partial charge in [0.2, 0.25) is 0 Å². The molecule has 1 aliphatic rings. The van der Waals surface area contributed by atoms with Gasteiger partial charge in [-0.3, -0.25) is 4.79 Å². The van der Waals surface area contributed by atoms with Crippen molar-refractivity contribution in [2.75, 3.05) is 19.0 Å². The van der Waals surface area contributed by atoms with Crippen LogP contribution in [0.5, 0.6) is 0 Å². The van der Waals surface area contributed by atoms with Gasteiger partial charge in [0.05, 0.1) is 5.02 Å². The molecule has 0 aromatic heterocycles. The maximum absolute atomic E-state index is 12.3. The summed E-state index contributed by atoms with van der Waals surface area (Å²) in [4.78, 5) is 14.2. The van der Waals surface area contributed by atoms with E-state index in [-0.39, 0.29) is 5.91 Å². The van der Waals surface area contributed by atoms with Crippen molar-refractivity contribution < 1.29 is 4.79 Å². The van der Waals surface area contributed by atoms with Crippen LogP contribution >= 0.6 is 39.1 Å². The van der Waals surface area contributed by atoms with Gasteiger partial charge in [-0.15, -0.1) is 11.6 Å². The summed E-state index contributed by atoms with van der Waals surface area (Å²) in [6.07, 6.45) is 1.97. The van der Waals surface area contributed by atoms with Crippen molar-refractivity contribution in [3.05, 3.63) is 33.3 Å². The summed E-state index contributed by atoms with van der Waals surface area (Å²) in [5.41, 5.74) is 0.646. The van der Waals surface area contributed by atoms with Gasteiger partial charge in [-0.05, 0) is 52.9 Å². The lowest BCUT2D eigenvalue weighted by Gasteiger charge is -2.31. The van der Waals surface area contributed by atoms with E-state index in [1.165, 1.54) is 0 Å². The second-order valence-electron chi connectivity index (χ2n) is 4.52. The number of hydrogen-bond donors (Lipinski definition) is 0. The molecular weight excluding hydrogens is 337 g/mol. The van der Waals surface area contributed by atoms with Crippen LogP contribution in [0.2, 0.25) is 5.02 Å². The van der Waals surface area contributed by atoms with Gasteiger partial charge in [-0.2, -0.15) is 0 Å². The Morgan fingerprint density at radius 1 is 1.39 bits per heavy atom. The van der Waals surface area contributed by atoms with Crippen LogP contribution < -0.4 is 0 Å². The zero-order valence-corrected chi connectivity index (χ0v) is 12.9. The Morgan fingerprint density at radius 3 is 2.61 bits per heavy atom. The normalized spacial score (nSPS) is 16.9. The molecule has 0 atom stereocenters. The Bertz CT molecular complexity index is 445. The number of hydrogen-bond acceptors (Lipinski definition) is 1. The molecule has 0 spiro atoms. The van der Waals surface area contributed by atoms with Crippen molar-refractivity contribution in [3.8, 4) is 0 Å². The maximum atomic E-state index is 12.3. The zero-order valence-electron chi connectivity index (χ0n) is 9.83. The van der Waals surface area contributed by atoms with Gasteiger partial charge in [0.25, 0.3) is 5.91 Å². The van der Waals surface area contributed by atoms with Gasteiger partial charge >= 0.3 is 0 Å². The van der Waals surface area contributed by atoms with Crippen molar-refractivity contribution in [1.29, 1.82) is 0 Å². The van der Waals surface area contributed by atoms with E-state index >= 15 is 0 Å². The van der Waals surface area contributed by atoms with Crippen LogP contribution in [0.15, 0.2) is 22.7 Å². The predicted octanol–water partition coefficient (Wildman–Crippen LogP) is 4.19. The van der Waals surface area contributed by atoms with Crippen molar-refractivity contribution in [1.82, 2.24) is 4.90 Å². The molecule has 1 fully saturated rings. The van der Waals surface area contributed by atoms with Crippen LogP contribution in [-0.2, 0) is 0 Å². The molecule has 1 amide bonds. The summed E-state index contributed by atoms with van der Waals surface area (Å²) in [5, 5.41) is 0.566. The molecule has 1 heterocycles. The van der Waals surface area contributed by atoms with Crippen LogP contribution in [0.25, 0.3) is 0 Å². The SMILES string of the molecule is O=C(c1ccc(Br)c(Cl)c1)N1CCC(CCl)CC1. The van der Waals surface area contributed by atoms with Gasteiger partial charge in [-0.25, -0.2) is 0 Å². The number of amides is 1. The van der Waals surface area contributed by atoms with Crippen molar-refractivity contribution in [2.45, 2.75) is 12.8 Å². The van der Waals surface area contributed by atoms with E-state index in [4.69, 9.17) is 23.2 Å². The molecule has 0 radical (unpaired) electrons. The number of nitrogens with zero attached hydrogens (tertiary/aromatic N) is 1. The number of halogens is 3. The highest BCUT2D eigenvalue weighted by molar-refractivity contribution is 9.10. The first-order chi connectivity index (χ1) is 8.61. The zero-order chi connectivity index (χ0) is 13.1. The molecule has 1 saturated heterocycles. The largest absolute Gasteiger partial charge is 0.339 e. The second kappa shape index (κ2) is 6.27. The summed E-state index contributed by atoms with van der Waals surface area (Å²) >= 11 is 15.2. The van der Waals surface area contributed by atoms with E-state index in [2.05, 4.69) is 15.9 Å². The van der Waals surface area contributed by atoms with Gasteiger partial charge in [0.15, 0.2) is 0 Å². The molecule has 1 aliphatic heterocycles. The first-order valence-electron chi connectivity index (χ1n) is 5.92. The van der Waals surface area contributed by atoms with Crippen molar-refractivity contribution in [2.24, 2.45) is 5.92 Å². The highest BCUT2D eigenvalue weighted by Crippen LogP contribution is 2.25. The van der Waals surface area contributed by atoms with Crippen LogP contribution in [0.1, 0.15) is 23.2 Å². The highest BCUT2D eigenvalue weighted by atomic mass is 79.9. The number of benzene rings is 1. The molecule has 0 N–H and O–H groups in total. The molecular formula is C13H14BrCl2NO. The van der Waals surface area contributed by atoms with E-state index < -0.39 is 0 Å². The summed E-state index contributed by atoms with van der Waals surface area (Å²) in [6, 6.07) is 5.31. The van der Waals surface area contributed by atoms with Crippen LogP contribution in [-0.4, -0.2) is 29.8 Å². The number of likely N-dealkylation sites (tertiary alicyclic amines) is 1. The summed E-state index contributed by atoms with van der Waals surface area (Å²) < 4.78 is 0.807. The van der Waals surface area contributed by atoms with E-state index in [1.54, 1.807) is 18.2 Å². The average molecular weight is 351 g/mol. The van der Waals surface area contributed by atoms with Crippen LogP contribution in [0, 0.1) is 5.92 Å². The fourth-order valence-corrected chi connectivity index (χ4v) is 2.84. The third-order valence-corrected chi connectivity index (χ3v) is 4.96. The second-order valence-corrected chi connectivity index (χ2v) is 6.09. The van der Waals surface area contributed by atoms with Crippen molar-refractivity contribution >= 4 is 45.0 Å². The standard InChI is InChI=1S/C13H14BrCl2NO/c14-11-2-1-10(7-12(11)16)13(18)17-5-3-9(8-15)4-6-17/h1-2,7,9H,3-6,8H2. The summed E-state index contributed by atoms with van der Waals surface area (Å²) in [6.45, 7) is 1.56. The lowest BCUT2D eigenvalue weighted by atomic mass is 9.98. The Hall–Kier alpha value is -0.250. The lowest BCUT2D eigenvalue weighted by molar-refractivity contribution is 0.0698. The molecule has 0 bridgehead atoms. The number of rotatable bonds is 2. The fraction of sp³-hybridized carbons (Fsp3) is 0.462. The Balaban J connectivity index is 2.05. The predicted molar refractivity (Wildman–Crippen MR) is 78.5 cm³/mol. The van der Waals surface area contributed by atoms with Gasteiger partial charge in [0.1, 0.15) is 0 Å². The number of carbonyl (C=O) groups is 1. The molecule has 98 valence electrons. The number of piperidine rings is 1. The minimum Gasteiger partial charge on any atom is -0.339 e. The van der Waals surface area contributed by atoms with Gasteiger partial charge in [0, 0.05) is 29.0 Å². The third kappa shape index (κ3) is 3.19. The minimum absolute atomic E-state index is 0.0532. The molecule has 1 aromatic rings. The first kappa shape index (κ1) is 14.2. The Morgan fingerprint density at radius 2 is 2.06 bits per heavy atom. The summed E-state index contributed by atoms with van der Waals surface area (Å²) in [5.74, 6) is 1.29. The molecule has 0 aliphatic carbocycles. The molecule has 5 heteroatoms. The Labute approximate surface area is 125 Å². The summed E-state index contributed by atoms with van der Waals surface area (Å²) in [7, 11) is 0. The molecule has 0 unspecified atom stereocenters. The monoisotopic (exact) mass is 349 g/mol. The first-order valence-corrected chi connectivity index (χ1v) is 7.62. The minimum atomic E-state index is 0.0532. The van der Waals surface area contributed by atoms with E-state index in [0.29, 0.717) is 22.4 Å². The van der Waals surface area contributed by atoms with E-state index in [1.807, 2.05) is 4.90 Å². The third-order valence-electron chi connectivity index (χ3n) is 3.29. The average Bonchev–Trinajstić information content (AvgIpc) is 2.41. The quantitative estimate of drug-likeness (QED) is 0.732. The molecule has 2 nitrogen and oxygen atoms in total. The lowest BCUT2D eigenvalue weighted by Crippen LogP contribution is -2.38. The van der Waals surface area contributed by atoms with E-state index in [0.717, 1.165) is 30.4 Å². The van der Waals surface area contributed by atoms with Crippen molar-refractivity contribution in [3.63, 3.8) is 0 Å².